The van der Waals surface area contributed by atoms with Crippen molar-refractivity contribution in [1.29, 1.82) is 0 Å². The van der Waals surface area contributed by atoms with Gasteiger partial charge in [-0.2, -0.15) is 9.36 Å². The number of rotatable bonds is 7. The fourth-order valence-corrected chi connectivity index (χ4v) is 6.30. The van der Waals surface area contributed by atoms with Gasteiger partial charge in [0.05, 0.1) is 19.7 Å². The number of hydrogen-bond donors (Lipinski definition) is 5. The Morgan fingerprint density at radius 3 is 2.71 bits per heavy atom. The third-order valence-corrected chi connectivity index (χ3v) is 8.08. The molecule has 1 aromatic heterocycles. The predicted octanol–water partition coefficient (Wildman–Crippen LogP) is -2.22. The number of nitrogens with zero attached hydrogens (tertiary/aromatic N) is 5. The molecule has 6 N–H and O–H groups in total. The highest BCUT2D eigenvalue weighted by Gasteiger charge is 2.55. The van der Waals surface area contributed by atoms with Crippen molar-refractivity contribution in [1.82, 2.24) is 19.6 Å². The standard InChI is InChI=1S/C19H25N7O7S2/c1-26(4-3-9(27)10(28)6-26)5-8-7-34-17-12(16(30)25(17)13(8)18(31)32)21-15(29)11(23-33-2)14-22-19(20)35-24-14/h9-10,12,17,27-28H,3-7H2,1-2H3,(H3-,20,21,22,24,29,31,32)/p+1/b23-11-/t9-,10+,12+,17+,26?/m0/s1. The third-order valence-electron chi connectivity index (χ3n) is 6.20. The van der Waals surface area contributed by atoms with Gasteiger partial charge in [-0.05, 0) is 0 Å². The van der Waals surface area contributed by atoms with E-state index in [2.05, 4.69) is 19.8 Å². The first-order valence-electron chi connectivity index (χ1n) is 10.7. The van der Waals surface area contributed by atoms with Gasteiger partial charge in [0, 0.05) is 29.3 Å². The number of amides is 2. The fraction of sp³-hybridized carbons (Fsp3) is 0.579. The highest BCUT2D eigenvalue weighted by atomic mass is 32.2. The molecule has 2 saturated heterocycles. The van der Waals surface area contributed by atoms with Gasteiger partial charge in [-0.3, -0.25) is 14.5 Å². The summed E-state index contributed by atoms with van der Waals surface area (Å²) in [4.78, 5) is 47.8. The lowest BCUT2D eigenvalue weighted by molar-refractivity contribution is -0.914. The summed E-state index contributed by atoms with van der Waals surface area (Å²) in [5.41, 5.74) is 5.77. The second-order valence-corrected chi connectivity index (χ2v) is 10.7. The average Bonchev–Trinajstić information content (AvgIpc) is 3.23. The van der Waals surface area contributed by atoms with E-state index in [1.54, 1.807) is 0 Å². The van der Waals surface area contributed by atoms with Crippen LogP contribution >= 0.6 is 23.3 Å². The minimum absolute atomic E-state index is 0.0500. The Morgan fingerprint density at radius 2 is 2.11 bits per heavy atom. The zero-order valence-corrected chi connectivity index (χ0v) is 20.6. The second-order valence-electron chi connectivity index (χ2n) is 8.80. The molecule has 14 nitrogen and oxygen atoms in total. The lowest BCUT2D eigenvalue weighted by Crippen LogP contribution is -2.71. The summed E-state index contributed by atoms with van der Waals surface area (Å²) in [5, 5.41) is 35.6. The topological polar surface area (TPSA) is 201 Å². The van der Waals surface area contributed by atoms with E-state index in [0.717, 1.165) is 11.5 Å². The molecule has 2 amide bonds. The Morgan fingerprint density at radius 1 is 1.37 bits per heavy atom. The maximum Gasteiger partial charge on any atom is 0.352 e. The largest absolute Gasteiger partial charge is 0.477 e. The Kier molecular flexibility index (Phi) is 7.01. The highest BCUT2D eigenvalue weighted by Crippen LogP contribution is 2.41. The number of piperidine rings is 1. The lowest BCUT2D eigenvalue weighted by Gasteiger charge is -2.50. The number of anilines is 1. The van der Waals surface area contributed by atoms with Crippen LogP contribution in [0.1, 0.15) is 12.2 Å². The van der Waals surface area contributed by atoms with Gasteiger partial charge in [0.15, 0.2) is 5.13 Å². The number of likely N-dealkylation sites (tertiary alicyclic amines) is 1. The Labute approximate surface area is 208 Å². The Bertz CT molecular complexity index is 1110. The van der Waals surface area contributed by atoms with Crippen LogP contribution < -0.4 is 11.1 Å². The van der Waals surface area contributed by atoms with Crippen LogP contribution in [0.25, 0.3) is 0 Å². The number of aromatic nitrogens is 2. The number of fused-ring (bicyclic) bond motifs is 1. The van der Waals surface area contributed by atoms with Crippen LogP contribution in [0.3, 0.4) is 0 Å². The van der Waals surface area contributed by atoms with E-state index >= 15 is 0 Å². The molecule has 4 heterocycles. The molecule has 35 heavy (non-hydrogen) atoms. The molecule has 0 aliphatic carbocycles. The summed E-state index contributed by atoms with van der Waals surface area (Å²) in [6, 6.07) is -0.974. The number of nitrogens with two attached hydrogens (primary N) is 1. The van der Waals surface area contributed by atoms with Crippen molar-refractivity contribution in [3.05, 3.63) is 17.1 Å². The van der Waals surface area contributed by atoms with E-state index in [0.29, 0.717) is 35.3 Å². The number of aliphatic hydroxyl groups excluding tert-OH is 2. The summed E-state index contributed by atoms with van der Waals surface area (Å²) in [5.74, 6) is -2.28. The van der Waals surface area contributed by atoms with Crippen LogP contribution in [0.2, 0.25) is 0 Å². The molecule has 4 rings (SSSR count). The molecule has 3 aliphatic heterocycles. The van der Waals surface area contributed by atoms with E-state index in [1.807, 2.05) is 7.05 Å². The first kappa shape index (κ1) is 25.3. The van der Waals surface area contributed by atoms with Crippen molar-refractivity contribution in [2.24, 2.45) is 5.16 Å². The Hall–Kier alpha value is -2.79. The van der Waals surface area contributed by atoms with E-state index < -0.39 is 41.4 Å². The number of likely N-dealkylation sites (N-methyl/N-ethyl adjacent to an activating group) is 1. The van der Waals surface area contributed by atoms with Gasteiger partial charge in [0.2, 0.25) is 11.5 Å². The number of aliphatic hydroxyl groups is 2. The van der Waals surface area contributed by atoms with Gasteiger partial charge >= 0.3 is 5.97 Å². The molecule has 3 aliphatic rings. The number of quaternary nitrogens is 1. The normalized spacial score (nSPS) is 31.0. The van der Waals surface area contributed by atoms with Crippen molar-refractivity contribution in [2.45, 2.75) is 30.0 Å². The van der Waals surface area contributed by atoms with Gasteiger partial charge in [0.25, 0.3) is 11.8 Å². The van der Waals surface area contributed by atoms with Crippen molar-refractivity contribution in [3.63, 3.8) is 0 Å². The first-order valence-corrected chi connectivity index (χ1v) is 12.5. The molecule has 16 heteroatoms. The number of oxime groups is 1. The molecule has 0 aromatic carbocycles. The SMILES string of the molecule is CO/N=C(\C(=O)N[C@@H]1C(=O)N2C(C(=O)O)=C(C[N+]3(C)CC[C@H](O)[C@H](O)C3)CS[C@H]12)c1nsc(N)n1. The van der Waals surface area contributed by atoms with Crippen molar-refractivity contribution >= 4 is 51.9 Å². The molecule has 1 unspecified atom stereocenters. The van der Waals surface area contributed by atoms with Crippen molar-refractivity contribution < 1.29 is 39.0 Å². The lowest BCUT2D eigenvalue weighted by atomic mass is 9.99. The van der Waals surface area contributed by atoms with Crippen LogP contribution in [0.5, 0.6) is 0 Å². The zero-order valence-electron chi connectivity index (χ0n) is 18.9. The molecule has 0 bridgehead atoms. The van der Waals surface area contributed by atoms with E-state index in [4.69, 9.17) is 10.6 Å². The molecule has 2 fully saturated rings. The second kappa shape index (κ2) is 9.69. The zero-order chi connectivity index (χ0) is 25.5. The van der Waals surface area contributed by atoms with Gasteiger partial charge in [-0.1, -0.05) is 5.16 Å². The predicted molar refractivity (Wildman–Crippen MR) is 125 cm³/mol. The van der Waals surface area contributed by atoms with E-state index in [9.17, 15) is 29.7 Å². The number of hydrogen-bond acceptors (Lipinski definition) is 12. The summed E-state index contributed by atoms with van der Waals surface area (Å²) in [7, 11) is 3.13. The van der Waals surface area contributed by atoms with Crippen LogP contribution in [0.4, 0.5) is 5.13 Å². The van der Waals surface area contributed by atoms with Gasteiger partial charge in [-0.25, -0.2) is 4.79 Å². The van der Waals surface area contributed by atoms with Crippen molar-refractivity contribution in [3.8, 4) is 0 Å². The van der Waals surface area contributed by atoms with E-state index in [1.165, 1.54) is 23.8 Å². The summed E-state index contributed by atoms with van der Waals surface area (Å²) in [6.07, 6.45) is -1.31. The number of carboxylic acid groups (broad SMARTS) is 1. The number of nitrogen functional groups attached to an aromatic ring is 1. The molecule has 190 valence electrons. The van der Waals surface area contributed by atoms with Crippen LogP contribution in [-0.4, -0.2) is 121 Å². The number of carboxylic acids is 1. The number of carbonyl (C=O) groups is 3. The number of nitrogens with one attached hydrogen (secondary N) is 1. The highest BCUT2D eigenvalue weighted by molar-refractivity contribution is 8.00. The van der Waals surface area contributed by atoms with Gasteiger partial charge in [-0.15, -0.1) is 11.8 Å². The maximum atomic E-state index is 13.0. The Balaban J connectivity index is 1.51. The molecule has 5 atom stereocenters. The van der Waals surface area contributed by atoms with Crippen LogP contribution in [-0.2, 0) is 19.2 Å². The van der Waals surface area contributed by atoms with E-state index in [-0.39, 0.29) is 28.9 Å². The number of thioether (sulfide) groups is 1. The van der Waals surface area contributed by atoms with Gasteiger partial charge in [0.1, 0.15) is 43.4 Å². The number of β-lactam (4-membered cyclic amide) rings is 1. The molecular formula is C19H26N7O7S2+. The minimum atomic E-state index is -1.24. The molecular weight excluding hydrogens is 502 g/mol. The smallest absolute Gasteiger partial charge is 0.352 e. The number of carbonyl (C=O) groups excluding carboxylic acids is 2. The minimum Gasteiger partial charge on any atom is -0.477 e. The van der Waals surface area contributed by atoms with Gasteiger partial charge < -0.3 is 35.7 Å². The monoisotopic (exact) mass is 528 g/mol. The molecule has 0 saturated carbocycles. The average molecular weight is 529 g/mol. The van der Waals surface area contributed by atoms with Crippen LogP contribution in [0, 0.1) is 0 Å². The fourth-order valence-electron chi connectivity index (χ4n) is 4.53. The first-order chi connectivity index (χ1) is 16.5. The summed E-state index contributed by atoms with van der Waals surface area (Å²) in [6.45, 7) is 1.15. The molecule has 0 radical (unpaired) electrons. The number of aliphatic carboxylic acids is 1. The molecule has 0 spiro atoms. The summed E-state index contributed by atoms with van der Waals surface area (Å²) < 4.78 is 4.28. The maximum absolute atomic E-state index is 13.0. The quantitative estimate of drug-likeness (QED) is 0.111. The van der Waals surface area contributed by atoms with Crippen molar-refractivity contribution in [2.75, 3.05) is 45.3 Å². The van der Waals surface area contributed by atoms with Crippen LogP contribution in [0.15, 0.2) is 16.4 Å². The molecule has 1 aromatic rings. The summed E-state index contributed by atoms with van der Waals surface area (Å²) >= 11 is 2.21. The third kappa shape index (κ3) is 4.84.